The first kappa shape index (κ1) is 7.57. The Morgan fingerprint density at radius 2 is 2.33 bits per heavy atom. The van der Waals surface area contributed by atoms with E-state index in [1.54, 1.807) is 11.7 Å². The lowest BCUT2D eigenvalue weighted by molar-refractivity contribution is 0.112. The van der Waals surface area contributed by atoms with E-state index in [9.17, 15) is 4.79 Å². The van der Waals surface area contributed by atoms with E-state index in [1.807, 2.05) is 5.38 Å². The molecule has 0 unspecified atom stereocenters. The summed E-state index contributed by atoms with van der Waals surface area (Å²) >= 11 is 2.86. The highest BCUT2D eigenvalue weighted by Crippen LogP contribution is 2.23. The zero-order chi connectivity index (χ0) is 8.39. The molecule has 2 rings (SSSR count). The minimum atomic E-state index is 0.512. The van der Waals surface area contributed by atoms with Gasteiger partial charge >= 0.3 is 0 Å². The maximum absolute atomic E-state index is 10.3. The van der Waals surface area contributed by atoms with Crippen molar-refractivity contribution in [2.75, 3.05) is 0 Å². The van der Waals surface area contributed by atoms with Crippen molar-refractivity contribution in [3.63, 3.8) is 0 Å². The fourth-order valence-corrected chi connectivity index (χ4v) is 2.07. The summed E-state index contributed by atoms with van der Waals surface area (Å²) in [6, 6.07) is 0. The summed E-state index contributed by atoms with van der Waals surface area (Å²) in [4.78, 5) is 19.3. The molecule has 0 atom stereocenters. The standard InChI is InChI=1S/C7H4N2OS2/c10-2-7-9-5(3-11-7)6-1-8-4-12-6/h1-4H. The average Bonchev–Trinajstić information content (AvgIpc) is 2.75. The van der Waals surface area contributed by atoms with Gasteiger partial charge in [-0.05, 0) is 0 Å². The van der Waals surface area contributed by atoms with E-state index < -0.39 is 0 Å². The van der Waals surface area contributed by atoms with Crippen molar-refractivity contribution in [1.82, 2.24) is 9.97 Å². The summed E-state index contributed by atoms with van der Waals surface area (Å²) < 4.78 is 0. The number of nitrogens with zero attached hydrogens (tertiary/aromatic N) is 2. The molecule has 0 aromatic carbocycles. The molecule has 0 saturated heterocycles. The Hall–Kier alpha value is -1.07. The first-order chi connectivity index (χ1) is 5.90. The van der Waals surface area contributed by atoms with E-state index in [1.165, 1.54) is 22.7 Å². The molecule has 0 aliphatic carbocycles. The van der Waals surface area contributed by atoms with E-state index in [0.29, 0.717) is 5.01 Å². The molecule has 0 bridgehead atoms. The van der Waals surface area contributed by atoms with Crippen molar-refractivity contribution in [3.05, 3.63) is 22.1 Å². The van der Waals surface area contributed by atoms with Crippen LogP contribution in [0.1, 0.15) is 9.80 Å². The molecule has 2 heterocycles. The van der Waals surface area contributed by atoms with Gasteiger partial charge in [-0.3, -0.25) is 9.78 Å². The normalized spacial score (nSPS) is 10.0. The van der Waals surface area contributed by atoms with Crippen molar-refractivity contribution >= 4 is 29.0 Å². The van der Waals surface area contributed by atoms with E-state index in [2.05, 4.69) is 9.97 Å². The molecule has 5 heteroatoms. The van der Waals surface area contributed by atoms with Crippen molar-refractivity contribution in [2.45, 2.75) is 0 Å². The first-order valence-electron chi connectivity index (χ1n) is 3.19. The molecular formula is C7H4N2OS2. The molecule has 3 nitrogen and oxygen atoms in total. The van der Waals surface area contributed by atoms with E-state index in [0.717, 1.165) is 16.9 Å². The quantitative estimate of drug-likeness (QED) is 0.691. The van der Waals surface area contributed by atoms with Crippen molar-refractivity contribution < 1.29 is 4.79 Å². The molecule has 0 aliphatic rings. The second-order valence-corrected chi connectivity index (χ2v) is 3.83. The Bertz CT molecular complexity index is 380. The second-order valence-electron chi connectivity index (χ2n) is 2.05. The Balaban J connectivity index is 2.41. The van der Waals surface area contributed by atoms with E-state index in [4.69, 9.17) is 0 Å². The predicted molar refractivity (Wildman–Crippen MR) is 48.6 cm³/mol. The topological polar surface area (TPSA) is 42.9 Å². The number of rotatable bonds is 2. The third-order valence-electron chi connectivity index (χ3n) is 1.31. The summed E-state index contributed by atoms with van der Waals surface area (Å²) in [6.45, 7) is 0. The van der Waals surface area contributed by atoms with Gasteiger partial charge < -0.3 is 0 Å². The van der Waals surface area contributed by atoms with Gasteiger partial charge in [-0.15, -0.1) is 22.7 Å². The molecule has 0 amide bonds. The van der Waals surface area contributed by atoms with Crippen LogP contribution in [0.5, 0.6) is 0 Å². The highest BCUT2D eigenvalue weighted by Gasteiger charge is 2.03. The molecule has 2 aromatic rings. The lowest BCUT2D eigenvalue weighted by atomic mass is 10.4. The SMILES string of the molecule is O=Cc1nc(-c2cncs2)cs1. The second kappa shape index (κ2) is 3.12. The molecule has 60 valence electrons. The third kappa shape index (κ3) is 1.28. The smallest absolute Gasteiger partial charge is 0.178 e. The summed E-state index contributed by atoms with van der Waals surface area (Å²) in [7, 11) is 0. The van der Waals surface area contributed by atoms with Gasteiger partial charge in [-0.2, -0.15) is 0 Å². The van der Waals surface area contributed by atoms with Gasteiger partial charge in [-0.25, -0.2) is 4.98 Å². The fraction of sp³-hybridized carbons (Fsp3) is 0. The van der Waals surface area contributed by atoms with Crippen LogP contribution < -0.4 is 0 Å². The lowest BCUT2D eigenvalue weighted by Gasteiger charge is -1.83. The van der Waals surface area contributed by atoms with Crippen LogP contribution in [0.15, 0.2) is 17.1 Å². The molecule has 0 N–H and O–H groups in total. The van der Waals surface area contributed by atoms with Gasteiger partial charge in [0.05, 0.1) is 16.1 Å². The molecule has 0 spiro atoms. The highest BCUT2D eigenvalue weighted by atomic mass is 32.1. The predicted octanol–water partition coefficient (Wildman–Crippen LogP) is 2.08. The van der Waals surface area contributed by atoms with Crippen LogP contribution in [0.3, 0.4) is 0 Å². The molecule has 2 aromatic heterocycles. The van der Waals surface area contributed by atoms with Crippen LogP contribution in [-0.4, -0.2) is 16.3 Å². The van der Waals surface area contributed by atoms with Crippen LogP contribution in [0.25, 0.3) is 10.6 Å². The molecule has 0 radical (unpaired) electrons. The highest BCUT2D eigenvalue weighted by molar-refractivity contribution is 7.14. The zero-order valence-electron chi connectivity index (χ0n) is 5.93. The minimum Gasteiger partial charge on any atom is -0.295 e. The Labute approximate surface area is 76.7 Å². The van der Waals surface area contributed by atoms with E-state index in [-0.39, 0.29) is 0 Å². The van der Waals surface area contributed by atoms with Crippen molar-refractivity contribution in [3.8, 4) is 10.6 Å². The number of carbonyl (C=O) groups is 1. The van der Waals surface area contributed by atoms with Gasteiger partial charge in [0.15, 0.2) is 11.3 Å². The van der Waals surface area contributed by atoms with Crippen LogP contribution in [0.2, 0.25) is 0 Å². The zero-order valence-corrected chi connectivity index (χ0v) is 7.56. The summed E-state index contributed by atoms with van der Waals surface area (Å²) in [5.74, 6) is 0. The first-order valence-corrected chi connectivity index (χ1v) is 4.95. The summed E-state index contributed by atoms with van der Waals surface area (Å²) in [5, 5.41) is 2.37. The summed E-state index contributed by atoms with van der Waals surface area (Å²) in [5.41, 5.74) is 2.58. The maximum atomic E-state index is 10.3. The van der Waals surface area contributed by atoms with Crippen LogP contribution in [0.4, 0.5) is 0 Å². The number of thiazole rings is 2. The van der Waals surface area contributed by atoms with Crippen molar-refractivity contribution in [2.24, 2.45) is 0 Å². The van der Waals surface area contributed by atoms with Crippen LogP contribution in [0, 0.1) is 0 Å². The molecule has 12 heavy (non-hydrogen) atoms. The van der Waals surface area contributed by atoms with Gasteiger partial charge in [-0.1, -0.05) is 0 Å². The Kier molecular flexibility index (Phi) is 1.97. The maximum Gasteiger partial charge on any atom is 0.178 e. The van der Waals surface area contributed by atoms with Crippen LogP contribution in [-0.2, 0) is 0 Å². The third-order valence-corrected chi connectivity index (χ3v) is 2.87. The van der Waals surface area contributed by atoms with Gasteiger partial charge in [0.2, 0.25) is 0 Å². The molecule has 0 saturated carbocycles. The minimum absolute atomic E-state index is 0.512. The van der Waals surface area contributed by atoms with Crippen molar-refractivity contribution in [1.29, 1.82) is 0 Å². The van der Waals surface area contributed by atoms with Gasteiger partial charge in [0.1, 0.15) is 0 Å². The number of hydrogen-bond donors (Lipinski definition) is 0. The number of carbonyl (C=O) groups excluding carboxylic acids is 1. The number of aldehydes is 1. The van der Waals surface area contributed by atoms with Crippen LogP contribution >= 0.6 is 22.7 Å². The molecular weight excluding hydrogens is 192 g/mol. The summed E-state index contributed by atoms with van der Waals surface area (Å²) in [6.07, 6.45) is 2.50. The van der Waals surface area contributed by atoms with E-state index >= 15 is 0 Å². The monoisotopic (exact) mass is 196 g/mol. The molecule has 0 aliphatic heterocycles. The van der Waals surface area contributed by atoms with Gasteiger partial charge in [0, 0.05) is 11.6 Å². The Morgan fingerprint density at radius 3 is 2.92 bits per heavy atom. The fourth-order valence-electron chi connectivity index (χ4n) is 0.797. The Morgan fingerprint density at radius 1 is 1.42 bits per heavy atom. The number of hydrogen-bond acceptors (Lipinski definition) is 5. The van der Waals surface area contributed by atoms with Gasteiger partial charge in [0.25, 0.3) is 0 Å². The number of aromatic nitrogens is 2. The molecule has 0 fully saturated rings. The lowest BCUT2D eigenvalue weighted by Crippen LogP contribution is -1.76. The largest absolute Gasteiger partial charge is 0.295 e. The average molecular weight is 196 g/mol.